The SMILES string of the molecule is O=C(O)CO.[Ce]. The number of aliphatic hydroxyl groups excluding tert-OH is 1. The maximum absolute atomic E-state index is 9.12. The summed E-state index contributed by atoms with van der Waals surface area (Å²) in [5, 5.41) is 15.0. The molecule has 0 aromatic carbocycles. The Morgan fingerprint density at radius 2 is 1.83 bits per heavy atom. The smallest absolute Gasteiger partial charge is 0.329 e. The van der Waals surface area contributed by atoms with Crippen LogP contribution in [-0.4, -0.2) is 22.8 Å². The average Bonchev–Trinajstić information content (AvgIpc) is 1.38. The van der Waals surface area contributed by atoms with E-state index in [2.05, 4.69) is 0 Å². The van der Waals surface area contributed by atoms with Gasteiger partial charge in [0, 0.05) is 41.7 Å². The van der Waals surface area contributed by atoms with Gasteiger partial charge in [0.25, 0.3) is 0 Å². The zero-order valence-corrected chi connectivity index (χ0v) is 6.15. The van der Waals surface area contributed by atoms with Crippen molar-refractivity contribution in [1.29, 1.82) is 0 Å². The van der Waals surface area contributed by atoms with Gasteiger partial charge in [-0.25, -0.2) is 4.79 Å². The van der Waals surface area contributed by atoms with Crippen molar-refractivity contribution in [3.63, 3.8) is 0 Å². The number of aliphatic carboxylic acids is 1. The van der Waals surface area contributed by atoms with Crippen LogP contribution in [0.4, 0.5) is 0 Å². The molecule has 0 spiro atoms. The van der Waals surface area contributed by atoms with Crippen LogP contribution in [0.2, 0.25) is 0 Å². The molecule has 3 nitrogen and oxygen atoms in total. The van der Waals surface area contributed by atoms with E-state index < -0.39 is 12.6 Å². The van der Waals surface area contributed by atoms with E-state index in [-0.39, 0.29) is 41.7 Å². The summed E-state index contributed by atoms with van der Waals surface area (Å²) in [5.41, 5.74) is 0. The Morgan fingerprint density at radius 1 is 1.67 bits per heavy atom. The number of rotatable bonds is 1. The first kappa shape index (κ1) is 9.93. The molecule has 2 N–H and O–H groups in total. The quantitative estimate of drug-likeness (QED) is 0.595. The Labute approximate surface area is 68.7 Å². The Morgan fingerprint density at radius 3 is 1.83 bits per heavy atom. The molecular formula is C2H4CeO3. The van der Waals surface area contributed by atoms with Crippen LogP contribution in [0, 0.1) is 41.7 Å². The second-order valence-electron chi connectivity index (χ2n) is 0.552. The van der Waals surface area contributed by atoms with Gasteiger partial charge in [0.2, 0.25) is 0 Å². The second-order valence-corrected chi connectivity index (χ2v) is 0.552. The molecule has 0 radical (unpaired) electrons. The molecule has 0 saturated heterocycles. The van der Waals surface area contributed by atoms with E-state index in [0.717, 1.165) is 0 Å². The Hall–Kier alpha value is 0.807. The van der Waals surface area contributed by atoms with Crippen molar-refractivity contribution < 1.29 is 56.8 Å². The summed E-state index contributed by atoms with van der Waals surface area (Å²) in [6, 6.07) is 0. The van der Waals surface area contributed by atoms with Crippen molar-refractivity contribution in [2.45, 2.75) is 0 Å². The molecule has 0 aliphatic carbocycles. The van der Waals surface area contributed by atoms with E-state index in [9.17, 15) is 0 Å². The number of carboxylic acid groups (broad SMARTS) is 1. The molecular weight excluding hydrogens is 212 g/mol. The molecule has 0 fully saturated rings. The summed E-state index contributed by atoms with van der Waals surface area (Å²) in [6.45, 7) is -0.778. The fourth-order valence-electron chi connectivity index (χ4n) is 0. The van der Waals surface area contributed by atoms with E-state index in [1.54, 1.807) is 0 Å². The molecule has 0 aliphatic heterocycles. The van der Waals surface area contributed by atoms with Crippen molar-refractivity contribution in [2.24, 2.45) is 0 Å². The summed E-state index contributed by atoms with van der Waals surface area (Å²) >= 11 is 0. The number of hydrogen-bond donors (Lipinski definition) is 2. The van der Waals surface area contributed by atoms with Crippen LogP contribution in [-0.2, 0) is 4.79 Å². The van der Waals surface area contributed by atoms with Crippen LogP contribution in [0.5, 0.6) is 0 Å². The third-order valence-electron chi connectivity index (χ3n) is 0.135. The van der Waals surface area contributed by atoms with E-state index in [1.807, 2.05) is 0 Å². The van der Waals surface area contributed by atoms with Gasteiger partial charge in [0.05, 0.1) is 0 Å². The molecule has 0 heterocycles. The van der Waals surface area contributed by atoms with Crippen LogP contribution < -0.4 is 0 Å². The van der Waals surface area contributed by atoms with Crippen LogP contribution in [0.3, 0.4) is 0 Å². The monoisotopic (exact) mass is 216 g/mol. The van der Waals surface area contributed by atoms with Gasteiger partial charge >= 0.3 is 5.97 Å². The summed E-state index contributed by atoms with van der Waals surface area (Å²) in [4.78, 5) is 9.12. The standard InChI is InChI=1S/C2H4O3.Ce/c3-1-2(4)5;/h3H,1H2,(H,4,5);. The van der Waals surface area contributed by atoms with E-state index in [0.29, 0.717) is 0 Å². The van der Waals surface area contributed by atoms with Gasteiger partial charge in [-0.15, -0.1) is 0 Å². The fourth-order valence-corrected chi connectivity index (χ4v) is 0. The van der Waals surface area contributed by atoms with Crippen molar-refractivity contribution in [2.75, 3.05) is 6.61 Å². The van der Waals surface area contributed by atoms with Crippen molar-refractivity contribution >= 4 is 5.97 Å². The van der Waals surface area contributed by atoms with E-state index in [4.69, 9.17) is 15.0 Å². The number of carboxylic acids is 1. The second kappa shape index (κ2) is 5.81. The van der Waals surface area contributed by atoms with Gasteiger partial charge in [0.1, 0.15) is 6.61 Å². The first-order valence-corrected chi connectivity index (χ1v) is 1.10. The van der Waals surface area contributed by atoms with Gasteiger partial charge < -0.3 is 10.2 Å². The summed E-state index contributed by atoms with van der Waals surface area (Å²) in [6.07, 6.45) is 0. The molecule has 4 heteroatoms. The molecule has 0 aromatic rings. The molecule has 0 aromatic heterocycles. The number of hydrogen-bond acceptors (Lipinski definition) is 2. The molecule has 6 heavy (non-hydrogen) atoms. The Bertz CT molecular complexity index is 44.1. The molecule has 0 rings (SSSR count). The van der Waals surface area contributed by atoms with Gasteiger partial charge in [0.15, 0.2) is 0 Å². The minimum absolute atomic E-state index is 0. The van der Waals surface area contributed by atoms with Crippen molar-refractivity contribution in [3.05, 3.63) is 0 Å². The molecule has 0 amide bonds. The Balaban J connectivity index is 0. The van der Waals surface area contributed by atoms with E-state index in [1.165, 1.54) is 0 Å². The number of aliphatic hydroxyl groups is 1. The predicted molar refractivity (Wildman–Crippen MR) is 14.7 cm³/mol. The molecule has 0 aliphatic rings. The third-order valence-corrected chi connectivity index (χ3v) is 0.135. The summed E-state index contributed by atoms with van der Waals surface area (Å²) in [5.74, 6) is -1.19. The first-order valence-electron chi connectivity index (χ1n) is 1.10. The topological polar surface area (TPSA) is 57.5 Å². The zero-order chi connectivity index (χ0) is 4.28. The largest absolute Gasteiger partial charge is 0.480 e. The molecule has 0 bridgehead atoms. The predicted octanol–water partition coefficient (Wildman–Crippen LogP) is -0.937. The minimum atomic E-state index is -1.19. The fraction of sp³-hybridized carbons (Fsp3) is 0.500. The minimum Gasteiger partial charge on any atom is -0.480 e. The van der Waals surface area contributed by atoms with Gasteiger partial charge in [-0.05, 0) is 0 Å². The normalized spacial score (nSPS) is 6.17. The van der Waals surface area contributed by atoms with E-state index >= 15 is 0 Å². The third kappa shape index (κ3) is 8.84. The average molecular weight is 216 g/mol. The van der Waals surface area contributed by atoms with Crippen LogP contribution in [0.25, 0.3) is 0 Å². The maximum Gasteiger partial charge on any atom is 0.329 e. The van der Waals surface area contributed by atoms with Crippen LogP contribution in [0.1, 0.15) is 0 Å². The van der Waals surface area contributed by atoms with Crippen LogP contribution in [0.15, 0.2) is 0 Å². The van der Waals surface area contributed by atoms with Gasteiger partial charge in [-0.1, -0.05) is 0 Å². The Kier molecular flexibility index (Phi) is 9.61. The van der Waals surface area contributed by atoms with Crippen LogP contribution >= 0.6 is 0 Å². The molecule has 0 saturated carbocycles. The summed E-state index contributed by atoms with van der Waals surface area (Å²) < 4.78 is 0. The summed E-state index contributed by atoms with van der Waals surface area (Å²) in [7, 11) is 0. The zero-order valence-electron chi connectivity index (χ0n) is 3.01. The van der Waals surface area contributed by atoms with Crippen molar-refractivity contribution in [3.8, 4) is 0 Å². The van der Waals surface area contributed by atoms with Gasteiger partial charge in [-0.2, -0.15) is 0 Å². The molecule has 0 atom stereocenters. The van der Waals surface area contributed by atoms with Gasteiger partial charge in [-0.3, -0.25) is 0 Å². The molecule has 34 valence electrons. The maximum atomic E-state index is 9.12. The van der Waals surface area contributed by atoms with Crippen molar-refractivity contribution in [1.82, 2.24) is 0 Å². The number of carbonyl (C=O) groups is 1. The first-order chi connectivity index (χ1) is 2.27. The molecule has 0 unspecified atom stereocenters.